The van der Waals surface area contributed by atoms with E-state index in [9.17, 15) is 0 Å². The van der Waals surface area contributed by atoms with Crippen molar-refractivity contribution in [3.8, 4) is 11.5 Å². The van der Waals surface area contributed by atoms with Crippen LogP contribution in [-0.4, -0.2) is 6.61 Å². The second kappa shape index (κ2) is 8.05. The van der Waals surface area contributed by atoms with E-state index in [0.29, 0.717) is 13.2 Å². The summed E-state index contributed by atoms with van der Waals surface area (Å²) in [6.07, 6.45) is 3.87. The smallest absolute Gasteiger partial charge is 0.123 e. The maximum atomic E-state index is 5.76. The second-order valence-electron chi connectivity index (χ2n) is 4.53. The summed E-state index contributed by atoms with van der Waals surface area (Å²) in [4.78, 5) is 0. The van der Waals surface area contributed by atoms with E-state index in [1.165, 1.54) is 0 Å². The maximum Gasteiger partial charge on any atom is 0.123 e. The number of ether oxygens (including phenoxy) is 2. The van der Waals surface area contributed by atoms with Crippen molar-refractivity contribution in [1.82, 2.24) is 0 Å². The number of unbranched alkanes of at least 4 members (excludes halogenated alkanes) is 1. The Kier molecular flexibility index (Phi) is 5.71. The summed E-state index contributed by atoms with van der Waals surface area (Å²) in [5.74, 6) is 1.68. The van der Waals surface area contributed by atoms with Crippen LogP contribution in [0, 0.1) is 0 Å². The van der Waals surface area contributed by atoms with E-state index in [1.54, 1.807) is 0 Å². The molecule has 0 aliphatic heterocycles. The third-order valence-electron chi connectivity index (χ3n) is 2.88. The number of hydrogen-bond donors (Lipinski definition) is 0. The van der Waals surface area contributed by atoms with Crippen molar-refractivity contribution in [3.63, 3.8) is 0 Å². The molecule has 0 unspecified atom stereocenters. The first-order valence-corrected chi connectivity index (χ1v) is 6.89. The molecule has 2 nitrogen and oxygen atoms in total. The Bertz CT molecular complexity index is 520. The van der Waals surface area contributed by atoms with Crippen molar-refractivity contribution in [1.29, 1.82) is 0 Å². The van der Waals surface area contributed by atoms with Crippen LogP contribution in [0.15, 0.2) is 67.3 Å². The minimum atomic E-state index is 0.570. The molecule has 0 aromatic heterocycles. The molecule has 0 bridgehead atoms. The van der Waals surface area contributed by atoms with Crippen LogP contribution in [0.2, 0.25) is 0 Å². The van der Waals surface area contributed by atoms with Gasteiger partial charge in [0.2, 0.25) is 0 Å². The normalized spacial score (nSPS) is 10.0. The molecule has 0 atom stereocenters. The molecular formula is C18H20O2. The van der Waals surface area contributed by atoms with Gasteiger partial charge in [-0.1, -0.05) is 42.5 Å². The zero-order valence-corrected chi connectivity index (χ0v) is 11.6. The molecule has 2 aromatic rings. The predicted molar refractivity (Wildman–Crippen MR) is 82.1 cm³/mol. The van der Waals surface area contributed by atoms with E-state index >= 15 is 0 Å². The van der Waals surface area contributed by atoms with Gasteiger partial charge in [-0.3, -0.25) is 0 Å². The Balaban J connectivity index is 1.84. The molecular weight excluding hydrogens is 248 g/mol. The zero-order valence-electron chi connectivity index (χ0n) is 11.6. The van der Waals surface area contributed by atoms with Gasteiger partial charge in [-0.05, 0) is 30.5 Å². The van der Waals surface area contributed by atoms with E-state index in [0.717, 1.165) is 29.9 Å². The molecule has 2 heteroatoms. The van der Waals surface area contributed by atoms with Crippen LogP contribution in [0.4, 0.5) is 0 Å². The lowest BCUT2D eigenvalue weighted by atomic mass is 10.2. The van der Waals surface area contributed by atoms with E-state index < -0.39 is 0 Å². The minimum Gasteiger partial charge on any atom is -0.493 e. The van der Waals surface area contributed by atoms with E-state index in [1.807, 2.05) is 48.5 Å². The lowest BCUT2D eigenvalue weighted by Gasteiger charge is -2.09. The van der Waals surface area contributed by atoms with Gasteiger partial charge in [0, 0.05) is 6.07 Å². The highest BCUT2D eigenvalue weighted by atomic mass is 16.5. The number of hydrogen-bond acceptors (Lipinski definition) is 2. The molecule has 0 fully saturated rings. The van der Waals surface area contributed by atoms with Crippen molar-refractivity contribution < 1.29 is 9.47 Å². The molecule has 0 aliphatic carbocycles. The molecule has 0 saturated carbocycles. The molecule has 0 heterocycles. The van der Waals surface area contributed by atoms with E-state index in [4.69, 9.17) is 9.47 Å². The van der Waals surface area contributed by atoms with Crippen molar-refractivity contribution >= 4 is 0 Å². The molecule has 0 amide bonds. The summed E-state index contributed by atoms with van der Waals surface area (Å²) < 4.78 is 11.4. The van der Waals surface area contributed by atoms with E-state index in [-0.39, 0.29) is 0 Å². The molecule has 0 saturated heterocycles. The van der Waals surface area contributed by atoms with Crippen LogP contribution in [0.3, 0.4) is 0 Å². The first-order chi connectivity index (χ1) is 9.88. The first-order valence-electron chi connectivity index (χ1n) is 6.89. The van der Waals surface area contributed by atoms with Gasteiger partial charge in [-0.15, -0.1) is 6.58 Å². The summed E-state index contributed by atoms with van der Waals surface area (Å²) in [5, 5.41) is 0. The van der Waals surface area contributed by atoms with Crippen LogP contribution in [0.25, 0.3) is 0 Å². The lowest BCUT2D eigenvalue weighted by molar-refractivity contribution is 0.293. The van der Waals surface area contributed by atoms with Gasteiger partial charge >= 0.3 is 0 Å². The van der Waals surface area contributed by atoms with Crippen LogP contribution in [0.5, 0.6) is 11.5 Å². The predicted octanol–water partition coefficient (Wildman–Crippen LogP) is 4.61. The Morgan fingerprint density at radius 1 is 0.900 bits per heavy atom. The molecule has 0 aliphatic rings. The molecule has 0 radical (unpaired) electrons. The van der Waals surface area contributed by atoms with Gasteiger partial charge in [0.25, 0.3) is 0 Å². The molecule has 2 rings (SSSR count). The summed E-state index contributed by atoms with van der Waals surface area (Å²) in [5.41, 5.74) is 1.16. The van der Waals surface area contributed by atoms with Gasteiger partial charge in [0.1, 0.15) is 18.1 Å². The minimum absolute atomic E-state index is 0.570. The molecule has 0 spiro atoms. The van der Waals surface area contributed by atoms with Crippen molar-refractivity contribution in [2.45, 2.75) is 19.4 Å². The zero-order chi connectivity index (χ0) is 14.0. The summed E-state index contributed by atoms with van der Waals surface area (Å²) >= 11 is 0. The van der Waals surface area contributed by atoms with Gasteiger partial charge in [-0.25, -0.2) is 0 Å². The SMILES string of the molecule is C=CCCCOc1cccc(OCc2ccccc2)c1. The number of allylic oxidation sites excluding steroid dienone is 1. The maximum absolute atomic E-state index is 5.76. The first kappa shape index (κ1) is 14.2. The van der Waals surface area contributed by atoms with Crippen LogP contribution in [0.1, 0.15) is 18.4 Å². The Labute approximate surface area is 120 Å². The Morgan fingerprint density at radius 2 is 1.65 bits per heavy atom. The fraction of sp³-hybridized carbons (Fsp3) is 0.222. The van der Waals surface area contributed by atoms with Gasteiger partial charge in [0.05, 0.1) is 6.61 Å². The average molecular weight is 268 g/mol. The van der Waals surface area contributed by atoms with Gasteiger partial charge in [0.15, 0.2) is 0 Å². The number of benzene rings is 2. The number of rotatable bonds is 8. The molecule has 2 aromatic carbocycles. The highest BCUT2D eigenvalue weighted by molar-refractivity contribution is 5.33. The summed E-state index contributed by atoms with van der Waals surface area (Å²) in [6, 6.07) is 17.9. The van der Waals surface area contributed by atoms with E-state index in [2.05, 4.69) is 18.7 Å². The largest absolute Gasteiger partial charge is 0.493 e. The lowest BCUT2D eigenvalue weighted by Crippen LogP contribution is -1.98. The third-order valence-corrected chi connectivity index (χ3v) is 2.88. The van der Waals surface area contributed by atoms with Crippen LogP contribution >= 0.6 is 0 Å². The molecule has 104 valence electrons. The fourth-order valence-corrected chi connectivity index (χ4v) is 1.81. The quantitative estimate of drug-likeness (QED) is 0.514. The highest BCUT2D eigenvalue weighted by Crippen LogP contribution is 2.20. The van der Waals surface area contributed by atoms with Crippen LogP contribution < -0.4 is 9.47 Å². The molecule has 20 heavy (non-hydrogen) atoms. The average Bonchev–Trinajstić information content (AvgIpc) is 2.51. The Hall–Kier alpha value is -2.22. The van der Waals surface area contributed by atoms with Crippen LogP contribution in [-0.2, 0) is 6.61 Å². The van der Waals surface area contributed by atoms with Crippen molar-refractivity contribution in [2.75, 3.05) is 6.61 Å². The monoisotopic (exact) mass is 268 g/mol. The topological polar surface area (TPSA) is 18.5 Å². The van der Waals surface area contributed by atoms with Crippen molar-refractivity contribution in [2.24, 2.45) is 0 Å². The Morgan fingerprint density at radius 3 is 2.40 bits per heavy atom. The highest BCUT2D eigenvalue weighted by Gasteiger charge is 1.99. The molecule has 0 N–H and O–H groups in total. The standard InChI is InChI=1S/C18H20O2/c1-2-3-7-13-19-17-11-8-12-18(14-17)20-15-16-9-5-4-6-10-16/h2,4-6,8-12,14H,1,3,7,13,15H2. The van der Waals surface area contributed by atoms with Crippen molar-refractivity contribution in [3.05, 3.63) is 72.8 Å². The summed E-state index contributed by atoms with van der Waals surface area (Å²) in [7, 11) is 0. The fourth-order valence-electron chi connectivity index (χ4n) is 1.81. The summed E-state index contributed by atoms with van der Waals surface area (Å²) in [6.45, 7) is 4.97. The van der Waals surface area contributed by atoms with Gasteiger partial charge in [-0.2, -0.15) is 0 Å². The third kappa shape index (κ3) is 4.81. The second-order valence-corrected chi connectivity index (χ2v) is 4.53. The van der Waals surface area contributed by atoms with Gasteiger partial charge < -0.3 is 9.47 Å².